The number of benzene rings is 1. The molecule has 0 saturated heterocycles. The van der Waals surface area contributed by atoms with Gasteiger partial charge in [-0.15, -0.1) is 11.3 Å². The van der Waals surface area contributed by atoms with Gasteiger partial charge in [0, 0.05) is 17.7 Å². The van der Waals surface area contributed by atoms with Crippen LogP contribution in [0.4, 0.5) is 5.00 Å². The molecule has 0 spiro atoms. The molecule has 1 aromatic heterocycles. The van der Waals surface area contributed by atoms with Crippen molar-refractivity contribution in [3.63, 3.8) is 0 Å². The number of fused-ring (bicyclic) bond motifs is 1. The lowest BCUT2D eigenvalue weighted by Crippen LogP contribution is -2.20. The number of nitrogens with one attached hydrogen (secondary N) is 1. The molecule has 8 heteroatoms. The van der Waals surface area contributed by atoms with Gasteiger partial charge in [0.25, 0.3) is 15.9 Å². The minimum absolute atomic E-state index is 0.0773. The van der Waals surface area contributed by atoms with Crippen LogP contribution in [0, 0.1) is 0 Å². The highest BCUT2D eigenvalue weighted by atomic mass is 32.2. The Balaban J connectivity index is 1.97. The van der Waals surface area contributed by atoms with Crippen molar-refractivity contribution in [2.75, 3.05) is 4.72 Å². The third-order valence-electron chi connectivity index (χ3n) is 4.43. The number of ketones is 1. The molecule has 1 aromatic carbocycles. The van der Waals surface area contributed by atoms with E-state index in [0.717, 1.165) is 16.9 Å². The lowest BCUT2D eigenvalue weighted by atomic mass is 9.94. The summed E-state index contributed by atoms with van der Waals surface area (Å²) in [5.41, 5.74) is 7.38. The van der Waals surface area contributed by atoms with E-state index in [0.29, 0.717) is 29.2 Å². The van der Waals surface area contributed by atoms with Crippen LogP contribution in [0.1, 0.15) is 52.5 Å². The monoisotopic (exact) mass is 392 g/mol. The minimum atomic E-state index is -3.86. The first-order valence-corrected chi connectivity index (χ1v) is 10.6. The van der Waals surface area contributed by atoms with Gasteiger partial charge in [0.1, 0.15) is 10.8 Å². The van der Waals surface area contributed by atoms with Crippen molar-refractivity contribution in [2.24, 2.45) is 5.73 Å². The van der Waals surface area contributed by atoms with Crippen LogP contribution in [0.15, 0.2) is 29.2 Å². The summed E-state index contributed by atoms with van der Waals surface area (Å²) in [6, 6.07) is 6.62. The van der Waals surface area contributed by atoms with Crippen LogP contribution in [-0.4, -0.2) is 20.1 Å². The van der Waals surface area contributed by atoms with Gasteiger partial charge >= 0.3 is 0 Å². The number of rotatable bonds is 5. The highest BCUT2D eigenvalue weighted by Crippen LogP contribution is 2.38. The molecule has 1 heterocycles. The van der Waals surface area contributed by atoms with E-state index in [1.807, 2.05) is 13.8 Å². The smallest absolute Gasteiger partial charge is 0.262 e. The summed E-state index contributed by atoms with van der Waals surface area (Å²) in [5, 5.41) is 0.185. The maximum atomic E-state index is 12.7. The molecule has 2 aromatic rings. The number of anilines is 1. The number of amides is 1. The van der Waals surface area contributed by atoms with E-state index in [2.05, 4.69) is 4.72 Å². The zero-order chi connectivity index (χ0) is 19.1. The number of nitrogens with two attached hydrogens (primary N) is 1. The molecule has 1 aliphatic rings. The highest BCUT2D eigenvalue weighted by molar-refractivity contribution is 7.93. The highest BCUT2D eigenvalue weighted by Gasteiger charge is 2.29. The summed E-state index contributed by atoms with van der Waals surface area (Å²) in [5.74, 6) is -0.319. The molecular formula is C18H20N2O4S2. The fraction of sp³-hybridized carbons (Fsp3) is 0.333. The SMILES string of the molecule is CC(C)c1ccc(S(=O)(=O)Nc2sc3c(c2C(N)=O)CCC(=O)C3)cc1. The molecule has 0 saturated carbocycles. The minimum Gasteiger partial charge on any atom is -0.365 e. The largest absolute Gasteiger partial charge is 0.365 e. The first-order chi connectivity index (χ1) is 12.2. The van der Waals surface area contributed by atoms with Crippen LogP contribution >= 0.6 is 11.3 Å². The Morgan fingerprint density at radius 3 is 2.42 bits per heavy atom. The van der Waals surface area contributed by atoms with Crippen molar-refractivity contribution in [2.45, 2.75) is 43.9 Å². The normalized spacial score (nSPS) is 14.3. The van der Waals surface area contributed by atoms with Crippen LogP contribution in [0.5, 0.6) is 0 Å². The predicted molar refractivity (Wildman–Crippen MR) is 101 cm³/mol. The third kappa shape index (κ3) is 3.52. The molecule has 0 bridgehead atoms. The lowest BCUT2D eigenvalue weighted by molar-refractivity contribution is -0.118. The van der Waals surface area contributed by atoms with Gasteiger partial charge in [-0.3, -0.25) is 14.3 Å². The van der Waals surface area contributed by atoms with E-state index >= 15 is 0 Å². The summed E-state index contributed by atoms with van der Waals surface area (Å²) in [7, 11) is -3.86. The molecule has 26 heavy (non-hydrogen) atoms. The molecule has 3 rings (SSSR count). The maximum absolute atomic E-state index is 12.7. The number of hydrogen-bond acceptors (Lipinski definition) is 5. The van der Waals surface area contributed by atoms with E-state index in [1.54, 1.807) is 24.3 Å². The Kier molecular flexibility index (Phi) is 4.90. The predicted octanol–water partition coefficient (Wildman–Crippen LogP) is 2.83. The van der Waals surface area contributed by atoms with Crippen molar-refractivity contribution in [3.8, 4) is 0 Å². The van der Waals surface area contributed by atoms with Gasteiger partial charge < -0.3 is 5.73 Å². The third-order valence-corrected chi connectivity index (χ3v) is 7.08. The average Bonchev–Trinajstić information content (AvgIpc) is 2.91. The fourth-order valence-corrected chi connectivity index (χ4v) is 5.58. The Morgan fingerprint density at radius 2 is 1.85 bits per heavy atom. The number of carbonyl (C=O) groups is 2. The van der Waals surface area contributed by atoms with Gasteiger partial charge in [-0.25, -0.2) is 8.42 Å². The Morgan fingerprint density at radius 1 is 1.19 bits per heavy atom. The molecule has 0 atom stereocenters. The van der Waals surface area contributed by atoms with Gasteiger partial charge in [0.05, 0.1) is 10.5 Å². The number of Topliss-reactive ketones (excluding diaryl/α,β-unsaturated/α-hetero) is 1. The number of sulfonamides is 1. The second kappa shape index (κ2) is 6.85. The summed E-state index contributed by atoms with van der Waals surface area (Å²) < 4.78 is 27.9. The Hall–Kier alpha value is -2.19. The fourth-order valence-electron chi connectivity index (χ4n) is 3.00. The van der Waals surface area contributed by atoms with Crippen molar-refractivity contribution in [1.82, 2.24) is 0 Å². The number of primary amides is 1. The standard InChI is InChI=1S/C18H20N2O4S2/c1-10(2)11-3-6-13(7-4-11)26(23,24)20-18-16(17(19)22)14-8-5-12(21)9-15(14)25-18/h3-4,6-7,10,20H,5,8-9H2,1-2H3,(H2,19,22). The zero-order valence-electron chi connectivity index (χ0n) is 14.5. The summed E-state index contributed by atoms with van der Waals surface area (Å²) >= 11 is 1.11. The van der Waals surface area contributed by atoms with E-state index in [4.69, 9.17) is 5.73 Å². The summed E-state index contributed by atoms with van der Waals surface area (Å²) in [4.78, 5) is 24.4. The average molecular weight is 393 g/mol. The van der Waals surface area contributed by atoms with Crippen molar-refractivity contribution >= 4 is 38.1 Å². The number of hydrogen-bond donors (Lipinski definition) is 2. The van der Waals surface area contributed by atoms with Gasteiger partial charge in [-0.05, 0) is 35.6 Å². The molecule has 1 aliphatic carbocycles. The van der Waals surface area contributed by atoms with Crippen molar-refractivity contribution in [1.29, 1.82) is 0 Å². The first kappa shape index (κ1) is 18.6. The zero-order valence-corrected chi connectivity index (χ0v) is 16.2. The van der Waals surface area contributed by atoms with Crippen LogP contribution in [0.2, 0.25) is 0 Å². The van der Waals surface area contributed by atoms with Gasteiger partial charge in [0.15, 0.2) is 0 Å². The quantitative estimate of drug-likeness (QED) is 0.816. The van der Waals surface area contributed by atoms with Crippen LogP contribution in [-0.2, 0) is 27.7 Å². The Labute approximate surface area is 156 Å². The van der Waals surface area contributed by atoms with Gasteiger partial charge in [-0.2, -0.15) is 0 Å². The van der Waals surface area contributed by atoms with Gasteiger partial charge in [-0.1, -0.05) is 26.0 Å². The van der Waals surface area contributed by atoms with Crippen LogP contribution in [0.25, 0.3) is 0 Å². The van der Waals surface area contributed by atoms with Gasteiger partial charge in [0.2, 0.25) is 0 Å². The topological polar surface area (TPSA) is 106 Å². The van der Waals surface area contributed by atoms with E-state index in [1.165, 1.54) is 0 Å². The second-order valence-corrected chi connectivity index (χ2v) is 9.40. The molecule has 1 amide bonds. The second-order valence-electron chi connectivity index (χ2n) is 6.62. The van der Waals surface area contributed by atoms with Crippen LogP contribution < -0.4 is 10.5 Å². The first-order valence-electron chi connectivity index (χ1n) is 8.28. The molecule has 3 N–H and O–H groups in total. The Bertz CT molecular complexity index is 973. The van der Waals surface area contributed by atoms with Crippen LogP contribution in [0.3, 0.4) is 0 Å². The molecule has 0 unspecified atom stereocenters. The molecule has 0 radical (unpaired) electrons. The number of thiophene rings is 1. The van der Waals surface area contributed by atoms with Crippen molar-refractivity contribution in [3.05, 3.63) is 45.8 Å². The molecule has 6 nitrogen and oxygen atoms in total. The molecule has 0 aliphatic heterocycles. The summed E-state index contributed by atoms with van der Waals surface area (Å²) in [6.07, 6.45) is 0.964. The summed E-state index contributed by atoms with van der Waals surface area (Å²) in [6.45, 7) is 4.05. The van der Waals surface area contributed by atoms with E-state index < -0.39 is 15.9 Å². The molecule has 0 fully saturated rings. The number of carbonyl (C=O) groups excluding carboxylic acids is 2. The van der Waals surface area contributed by atoms with E-state index in [9.17, 15) is 18.0 Å². The maximum Gasteiger partial charge on any atom is 0.262 e. The molecular weight excluding hydrogens is 372 g/mol. The molecule has 138 valence electrons. The van der Waals surface area contributed by atoms with Crippen molar-refractivity contribution < 1.29 is 18.0 Å². The van der Waals surface area contributed by atoms with E-state index in [-0.39, 0.29) is 27.7 Å². The lowest BCUT2D eigenvalue weighted by Gasteiger charge is -2.11.